The van der Waals surface area contributed by atoms with E-state index in [2.05, 4.69) is 0 Å². The molecule has 0 aliphatic heterocycles. The van der Waals surface area contributed by atoms with Crippen LogP contribution in [0.3, 0.4) is 0 Å². The van der Waals surface area contributed by atoms with E-state index in [1.54, 1.807) is 24.3 Å². The van der Waals surface area contributed by atoms with Crippen molar-refractivity contribution in [3.05, 3.63) is 40.4 Å². The molecule has 1 aromatic carbocycles. The normalized spacial score (nSPS) is 9.20. The number of nitro groups is 1. The van der Waals surface area contributed by atoms with Crippen LogP contribution in [0.15, 0.2) is 30.3 Å². The Morgan fingerprint density at radius 1 is 1.30 bits per heavy atom. The van der Waals surface area contributed by atoms with E-state index < -0.39 is 15.2 Å². The van der Waals surface area contributed by atoms with Crippen LogP contribution in [-0.2, 0) is 0 Å². The quantitative estimate of drug-likeness (QED) is 0.390. The Bertz CT molecular complexity index is 224. The maximum atomic E-state index is 10.0. The number of nitrogens with zero attached hydrogens (tertiary/aromatic N) is 1. The average molecular weight is 202 g/mol. The molecule has 0 spiro atoms. The number of hydrogen-bond acceptors (Lipinski definition) is 2. The van der Waals surface area contributed by atoms with E-state index in [1.165, 1.54) is 0 Å². The van der Waals surface area contributed by atoms with Gasteiger partial charge in [-0.3, -0.25) is 0 Å². The Kier molecular flexibility index (Phi) is 2.42. The monoisotopic (exact) mass is 203 g/mol. The summed E-state index contributed by atoms with van der Waals surface area (Å²) in [5, 5.41) is 10.0. The molecule has 0 aliphatic rings. The van der Waals surface area contributed by atoms with Crippen LogP contribution in [0, 0.1) is 10.1 Å². The molecule has 0 bridgehead atoms. The SMILES string of the molecule is O=[N+]([O-])[Se]c1ccccc1. The standard InChI is InChI=1S/C6H5NO2Se/c8-7(9)10-6-4-2-1-3-5-6/h1-5H. The van der Waals surface area contributed by atoms with Gasteiger partial charge in [0.25, 0.3) is 0 Å². The van der Waals surface area contributed by atoms with Crippen LogP contribution in [0.25, 0.3) is 0 Å². The van der Waals surface area contributed by atoms with E-state index in [4.69, 9.17) is 0 Å². The van der Waals surface area contributed by atoms with E-state index in [-0.39, 0.29) is 3.94 Å². The number of benzene rings is 1. The third-order valence-electron chi connectivity index (χ3n) is 0.923. The third-order valence-corrected chi connectivity index (χ3v) is 2.25. The van der Waals surface area contributed by atoms with Gasteiger partial charge in [-0.2, -0.15) is 0 Å². The van der Waals surface area contributed by atoms with E-state index in [0.29, 0.717) is 0 Å². The zero-order valence-corrected chi connectivity index (χ0v) is 6.77. The van der Waals surface area contributed by atoms with Gasteiger partial charge in [0.05, 0.1) is 0 Å². The van der Waals surface area contributed by atoms with E-state index in [9.17, 15) is 10.1 Å². The van der Waals surface area contributed by atoms with Crippen molar-refractivity contribution < 1.29 is 3.94 Å². The van der Waals surface area contributed by atoms with Gasteiger partial charge in [-0.15, -0.1) is 0 Å². The van der Waals surface area contributed by atoms with Crippen LogP contribution < -0.4 is 4.46 Å². The Morgan fingerprint density at radius 3 is 2.40 bits per heavy atom. The van der Waals surface area contributed by atoms with Gasteiger partial charge < -0.3 is 0 Å². The molecule has 0 amide bonds. The summed E-state index contributed by atoms with van der Waals surface area (Å²) in [6, 6.07) is 8.99. The molecule has 0 saturated heterocycles. The van der Waals surface area contributed by atoms with Crippen LogP contribution >= 0.6 is 0 Å². The van der Waals surface area contributed by atoms with Crippen molar-refractivity contribution in [1.82, 2.24) is 0 Å². The first-order valence-electron chi connectivity index (χ1n) is 2.66. The van der Waals surface area contributed by atoms with E-state index >= 15 is 0 Å². The van der Waals surface area contributed by atoms with Gasteiger partial charge in [-0.25, -0.2) is 0 Å². The van der Waals surface area contributed by atoms with Crippen LogP contribution in [0.2, 0.25) is 0 Å². The van der Waals surface area contributed by atoms with Crippen LogP contribution in [0.5, 0.6) is 0 Å². The van der Waals surface area contributed by atoms with Crippen molar-refractivity contribution in [3.8, 4) is 0 Å². The number of rotatable bonds is 2. The molecule has 1 rings (SSSR count). The molecule has 3 nitrogen and oxygen atoms in total. The van der Waals surface area contributed by atoms with Gasteiger partial charge in [0.15, 0.2) is 0 Å². The fourth-order valence-corrected chi connectivity index (χ4v) is 1.51. The molecule has 52 valence electrons. The molecule has 0 unspecified atom stereocenters. The van der Waals surface area contributed by atoms with Crippen molar-refractivity contribution in [3.63, 3.8) is 0 Å². The van der Waals surface area contributed by atoms with Gasteiger partial charge in [-0.05, 0) is 0 Å². The van der Waals surface area contributed by atoms with Gasteiger partial charge in [0.2, 0.25) is 0 Å². The molecule has 0 saturated carbocycles. The van der Waals surface area contributed by atoms with Crippen LogP contribution in [0.1, 0.15) is 0 Å². The van der Waals surface area contributed by atoms with Gasteiger partial charge in [0, 0.05) is 0 Å². The average Bonchev–Trinajstić information content (AvgIpc) is 1.88. The predicted octanol–water partition coefficient (Wildman–Crippen LogP) is 0.208. The zero-order chi connectivity index (χ0) is 7.40. The van der Waals surface area contributed by atoms with Crippen molar-refractivity contribution >= 4 is 19.6 Å². The van der Waals surface area contributed by atoms with Gasteiger partial charge in [-0.1, -0.05) is 0 Å². The Morgan fingerprint density at radius 2 is 1.90 bits per heavy atom. The first-order valence-corrected chi connectivity index (χ1v) is 4.29. The molecule has 0 radical (unpaired) electrons. The molecular formula is C6H5NO2Se. The zero-order valence-electron chi connectivity index (χ0n) is 5.06. The molecule has 0 aliphatic carbocycles. The van der Waals surface area contributed by atoms with Crippen molar-refractivity contribution in [1.29, 1.82) is 0 Å². The summed E-state index contributed by atoms with van der Waals surface area (Å²) in [5.41, 5.74) is 0. The Hall–Kier alpha value is -0.861. The summed E-state index contributed by atoms with van der Waals surface area (Å²) in [7, 11) is 0. The van der Waals surface area contributed by atoms with Gasteiger partial charge in [0.1, 0.15) is 0 Å². The summed E-state index contributed by atoms with van der Waals surface area (Å²) in [6.07, 6.45) is 0. The summed E-state index contributed by atoms with van der Waals surface area (Å²) in [4.78, 5) is 10.0. The number of hydrogen-bond donors (Lipinski definition) is 0. The minimum absolute atomic E-state index is 0.275. The topological polar surface area (TPSA) is 43.1 Å². The van der Waals surface area contributed by atoms with Gasteiger partial charge >= 0.3 is 64.0 Å². The second-order valence-electron chi connectivity index (χ2n) is 1.63. The molecule has 4 heteroatoms. The molecule has 0 aromatic heterocycles. The van der Waals surface area contributed by atoms with E-state index in [1.807, 2.05) is 6.07 Å². The molecule has 0 N–H and O–H groups in total. The molecule has 0 heterocycles. The van der Waals surface area contributed by atoms with E-state index in [0.717, 1.165) is 4.46 Å². The van der Waals surface area contributed by atoms with Crippen LogP contribution in [-0.4, -0.2) is 19.1 Å². The maximum absolute atomic E-state index is 10.0. The molecular weight excluding hydrogens is 197 g/mol. The second-order valence-corrected chi connectivity index (χ2v) is 3.63. The summed E-state index contributed by atoms with van der Waals surface area (Å²) in [5.74, 6) is 0. The summed E-state index contributed by atoms with van der Waals surface area (Å²) >= 11 is -0.610. The molecule has 10 heavy (non-hydrogen) atoms. The predicted molar refractivity (Wildman–Crippen MR) is 38.8 cm³/mol. The molecule has 1 aromatic rings. The molecule has 0 atom stereocenters. The second kappa shape index (κ2) is 3.34. The first-order chi connectivity index (χ1) is 4.79. The fraction of sp³-hybridized carbons (Fsp3) is 0. The fourth-order valence-electron chi connectivity index (χ4n) is 0.567. The van der Waals surface area contributed by atoms with Crippen LogP contribution in [0.4, 0.5) is 0 Å². The van der Waals surface area contributed by atoms with Crippen molar-refractivity contribution in [2.75, 3.05) is 0 Å². The summed E-state index contributed by atoms with van der Waals surface area (Å²) in [6.45, 7) is 0. The van der Waals surface area contributed by atoms with Crippen molar-refractivity contribution in [2.45, 2.75) is 0 Å². The third kappa shape index (κ3) is 2.17. The van der Waals surface area contributed by atoms with Crippen molar-refractivity contribution in [2.24, 2.45) is 0 Å². The molecule has 0 fully saturated rings. The minimum atomic E-state index is -0.610. The summed E-state index contributed by atoms with van der Waals surface area (Å²) < 4.78 is 0.530. The Balaban J connectivity index is 2.67. The first kappa shape index (κ1) is 7.25. The Labute approximate surface area is 64.6 Å².